The van der Waals surface area contributed by atoms with E-state index >= 15 is 0 Å². The zero-order valence-electron chi connectivity index (χ0n) is 18.4. The van der Waals surface area contributed by atoms with Gasteiger partial charge in [0.15, 0.2) is 5.65 Å². The molecule has 170 valence electrons. The maximum atomic E-state index is 14.9. The molecule has 0 radical (unpaired) electrons. The number of aryl methyl sites for hydroxylation is 1. The molecule has 8 heteroatoms. The molecule has 0 spiro atoms. The molecule has 1 aliphatic carbocycles. The van der Waals surface area contributed by atoms with Gasteiger partial charge in [0.1, 0.15) is 24.1 Å². The number of halogens is 2. The number of aliphatic hydroxyl groups excluding tert-OH is 1. The Morgan fingerprint density at radius 2 is 1.84 bits per heavy atom. The third kappa shape index (κ3) is 4.17. The van der Waals surface area contributed by atoms with Gasteiger partial charge in [-0.25, -0.2) is 23.7 Å². The van der Waals surface area contributed by atoms with Crippen LogP contribution in [0.2, 0.25) is 0 Å². The molecule has 0 aliphatic heterocycles. The molecule has 3 N–H and O–H groups in total. The number of nitrogens with zero attached hydrogens (tertiary/aromatic N) is 3. The lowest BCUT2D eigenvalue weighted by Crippen LogP contribution is -2.34. The predicted molar refractivity (Wildman–Crippen MR) is 118 cm³/mol. The van der Waals surface area contributed by atoms with E-state index in [2.05, 4.69) is 20.3 Å². The van der Waals surface area contributed by atoms with Gasteiger partial charge in [-0.2, -0.15) is 0 Å². The molecule has 1 unspecified atom stereocenters. The third-order valence-corrected chi connectivity index (χ3v) is 6.41. The van der Waals surface area contributed by atoms with Crippen molar-refractivity contribution in [2.75, 3.05) is 5.32 Å². The van der Waals surface area contributed by atoms with Gasteiger partial charge in [0.05, 0.1) is 23.1 Å². The van der Waals surface area contributed by atoms with E-state index in [0.717, 1.165) is 0 Å². The van der Waals surface area contributed by atoms with Crippen molar-refractivity contribution in [1.82, 2.24) is 15.0 Å². The van der Waals surface area contributed by atoms with Crippen LogP contribution in [0.3, 0.4) is 0 Å². The molecule has 1 aromatic carbocycles. The summed E-state index contributed by atoms with van der Waals surface area (Å²) < 4.78 is 28.6. The Morgan fingerprint density at radius 3 is 2.53 bits per heavy atom. The molecule has 4 rings (SSSR count). The number of fused-ring (bicyclic) bond motifs is 1. The Bertz CT molecular complexity index is 1130. The fourth-order valence-corrected chi connectivity index (χ4v) is 4.50. The van der Waals surface area contributed by atoms with E-state index in [9.17, 15) is 19.0 Å². The van der Waals surface area contributed by atoms with Gasteiger partial charge in [-0.15, -0.1) is 0 Å². The first-order valence-electron chi connectivity index (χ1n) is 10.9. The largest absolute Gasteiger partial charge is 0.393 e. The smallest absolute Gasteiger partial charge is 0.164 e. The highest BCUT2D eigenvalue weighted by atomic mass is 19.1. The Hall–Kier alpha value is -2.71. The molecule has 2 atom stereocenters. The minimum absolute atomic E-state index is 0.0185. The van der Waals surface area contributed by atoms with E-state index in [4.69, 9.17) is 0 Å². The van der Waals surface area contributed by atoms with Crippen molar-refractivity contribution in [3.8, 4) is 0 Å². The maximum Gasteiger partial charge on any atom is 0.164 e. The van der Waals surface area contributed by atoms with Crippen LogP contribution in [0.25, 0.3) is 11.0 Å². The van der Waals surface area contributed by atoms with Crippen LogP contribution in [-0.4, -0.2) is 31.3 Å². The van der Waals surface area contributed by atoms with E-state index in [1.807, 2.05) is 13.0 Å². The molecule has 1 aliphatic rings. The molecule has 1 fully saturated rings. The number of hydrogen-bond donors (Lipinski definition) is 3. The molecule has 6 nitrogen and oxygen atoms in total. The molecule has 2 aromatic heterocycles. The summed E-state index contributed by atoms with van der Waals surface area (Å²) in [5.41, 5.74) is 1.08. The van der Waals surface area contributed by atoms with E-state index in [1.165, 1.54) is 19.3 Å². The number of benzene rings is 1. The second-order valence-corrected chi connectivity index (χ2v) is 8.71. The van der Waals surface area contributed by atoms with Crippen molar-refractivity contribution < 1.29 is 19.0 Å². The molecule has 0 bridgehead atoms. The topological polar surface area (TPSA) is 91.2 Å². The third-order valence-electron chi connectivity index (χ3n) is 6.41. The SMILES string of the molecule is Cc1nc2ncnc(N[C@H](C)c3cccc(C(C)F)c3F)c2cc1C1(O)CCC(O)CC1. The van der Waals surface area contributed by atoms with Gasteiger partial charge in [-0.05, 0) is 52.5 Å². The number of nitrogens with one attached hydrogen (secondary N) is 1. The van der Waals surface area contributed by atoms with Crippen molar-refractivity contribution in [2.24, 2.45) is 0 Å². The number of anilines is 1. The summed E-state index contributed by atoms with van der Waals surface area (Å²) in [6.45, 7) is 4.91. The first kappa shape index (κ1) is 22.5. The zero-order chi connectivity index (χ0) is 23.0. The fourth-order valence-electron chi connectivity index (χ4n) is 4.50. The summed E-state index contributed by atoms with van der Waals surface area (Å²) in [5.74, 6) is -0.126. The van der Waals surface area contributed by atoms with Crippen LogP contribution in [-0.2, 0) is 5.60 Å². The number of aliphatic hydroxyl groups is 2. The van der Waals surface area contributed by atoms with E-state index in [-0.39, 0.29) is 5.56 Å². The van der Waals surface area contributed by atoms with Crippen LogP contribution < -0.4 is 5.32 Å². The lowest BCUT2D eigenvalue weighted by atomic mass is 9.78. The normalized spacial score (nSPS) is 23.2. The number of rotatable bonds is 5. The summed E-state index contributed by atoms with van der Waals surface area (Å²) in [5, 5.41) is 24.9. The van der Waals surface area contributed by atoms with Crippen molar-refractivity contribution in [1.29, 1.82) is 0 Å². The number of alkyl halides is 1. The Labute approximate surface area is 185 Å². The second kappa shape index (κ2) is 8.67. The number of aromatic nitrogens is 3. The molecule has 0 saturated heterocycles. The number of hydrogen-bond acceptors (Lipinski definition) is 6. The monoisotopic (exact) mass is 442 g/mol. The lowest BCUT2D eigenvalue weighted by Gasteiger charge is -2.35. The molecular weight excluding hydrogens is 414 g/mol. The molecule has 32 heavy (non-hydrogen) atoms. The minimum atomic E-state index is -1.41. The second-order valence-electron chi connectivity index (χ2n) is 8.71. The first-order valence-corrected chi connectivity index (χ1v) is 10.9. The van der Waals surface area contributed by atoms with Gasteiger partial charge >= 0.3 is 0 Å². The van der Waals surface area contributed by atoms with Gasteiger partial charge in [-0.1, -0.05) is 18.2 Å². The van der Waals surface area contributed by atoms with E-state index in [0.29, 0.717) is 59.4 Å². The van der Waals surface area contributed by atoms with Gasteiger partial charge in [0.25, 0.3) is 0 Å². The summed E-state index contributed by atoms with van der Waals surface area (Å²) in [4.78, 5) is 13.2. The average molecular weight is 443 g/mol. The summed E-state index contributed by atoms with van der Waals surface area (Å²) in [7, 11) is 0. The van der Waals surface area contributed by atoms with Crippen LogP contribution in [0.4, 0.5) is 14.6 Å². The summed E-state index contributed by atoms with van der Waals surface area (Å²) in [6, 6.07) is 6.03. The minimum Gasteiger partial charge on any atom is -0.393 e. The van der Waals surface area contributed by atoms with Crippen LogP contribution in [0.1, 0.15) is 74.1 Å². The Morgan fingerprint density at radius 1 is 1.16 bits per heavy atom. The van der Waals surface area contributed by atoms with Crippen molar-refractivity contribution in [2.45, 2.75) is 70.4 Å². The van der Waals surface area contributed by atoms with E-state index < -0.39 is 29.7 Å². The predicted octanol–water partition coefficient (Wildman–Crippen LogP) is 4.80. The maximum absolute atomic E-state index is 14.9. The summed E-state index contributed by atoms with van der Waals surface area (Å²) in [6.07, 6.45) is 1.48. The number of pyridine rings is 1. The fraction of sp³-hybridized carbons (Fsp3) is 0.458. The van der Waals surface area contributed by atoms with Crippen molar-refractivity contribution in [3.63, 3.8) is 0 Å². The van der Waals surface area contributed by atoms with Crippen LogP contribution in [0, 0.1) is 12.7 Å². The quantitative estimate of drug-likeness (QED) is 0.526. The highest BCUT2D eigenvalue weighted by Crippen LogP contribution is 2.40. The first-order chi connectivity index (χ1) is 15.2. The van der Waals surface area contributed by atoms with Gasteiger partial charge in [0, 0.05) is 22.4 Å². The summed E-state index contributed by atoms with van der Waals surface area (Å²) >= 11 is 0. The lowest BCUT2D eigenvalue weighted by molar-refractivity contribution is -0.0366. The van der Waals surface area contributed by atoms with Gasteiger partial charge < -0.3 is 15.5 Å². The van der Waals surface area contributed by atoms with Gasteiger partial charge in [-0.3, -0.25) is 0 Å². The van der Waals surface area contributed by atoms with Crippen LogP contribution in [0.15, 0.2) is 30.6 Å². The van der Waals surface area contributed by atoms with Crippen molar-refractivity contribution >= 4 is 16.9 Å². The van der Waals surface area contributed by atoms with Gasteiger partial charge in [0.2, 0.25) is 0 Å². The molecule has 2 heterocycles. The Kier molecular flexibility index (Phi) is 6.09. The zero-order valence-corrected chi connectivity index (χ0v) is 18.4. The molecule has 0 amide bonds. The van der Waals surface area contributed by atoms with Crippen molar-refractivity contribution in [3.05, 3.63) is 58.8 Å². The highest BCUT2D eigenvalue weighted by molar-refractivity contribution is 5.87. The molecular formula is C24H28F2N4O2. The Balaban J connectivity index is 1.72. The van der Waals surface area contributed by atoms with Crippen LogP contribution in [0.5, 0.6) is 0 Å². The highest BCUT2D eigenvalue weighted by Gasteiger charge is 2.36. The van der Waals surface area contributed by atoms with E-state index in [1.54, 1.807) is 19.1 Å². The average Bonchev–Trinajstić information content (AvgIpc) is 2.75. The molecule has 1 saturated carbocycles. The molecule has 3 aromatic rings. The van der Waals surface area contributed by atoms with Crippen LogP contribution >= 0.6 is 0 Å². The standard InChI is InChI=1S/C24H28F2N4O2/c1-13(25)17-5-4-6-18(21(17)26)14(2)29-22-19-11-20(15(3)30-23(19)28-12-27-22)24(32)9-7-16(31)8-10-24/h4-6,11-14,16,31-32H,7-10H2,1-3H3,(H,27,28,29,30)/t13?,14-,16?,24?/m1/s1.